The number of hydrogen-bond acceptors (Lipinski definition) is 5. The van der Waals surface area contributed by atoms with Gasteiger partial charge < -0.3 is 14.7 Å². The standard InChI is InChI=1S/C9H13N3O2/c13-7-8-5-11-9(6-10-8)12-1-3-14-4-2-12/h5-6,13H,1-4,7H2. The maximum absolute atomic E-state index is 8.80. The van der Waals surface area contributed by atoms with Gasteiger partial charge in [0.2, 0.25) is 0 Å². The monoisotopic (exact) mass is 195 g/mol. The van der Waals surface area contributed by atoms with Crippen LogP contribution in [0.1, 0.15) is 5.69 Å². The quantitative estimate of drug-likeness (QED) is 0.708. The van der Waals surface area contributed by atoms with Gasteiger partial charge in [-0.3, -0.25) is 4.98 Å². The maximum atomic E-state index is 8.80. The van der Waals surface area contributed by atoms with Crippen LogP contribution in [-0.4, -0.2) is 41.4 Å². The first kappa shape index (κ1) is 9.36. The van der Waals surface area contributed by atoms with Crippen molar-refractivity contribution in [3.8, 4) is 0 Å². The first-order valence-electron chi connectivity index (χ1n) is 4.64. The minimum Gasteiger partial charge on any atom is -0.390 e. The highest BCUT2D eigenvalue weighted by atomic mass is 16.5. The molecule has 1 aliphatic heterocycles. The third-order valence-electron chi connectivity index (χ3n) is 2.19. The molecule has 0 aliphatic carbocycles. The van der Waals surface area contributed by atoms with Gasteiger partial charge in [-0.2, -0.15) is 0 Å². The lowest BCUT2D eigenvalue weighted by atomic mass is 10.4. The average molecular weight is 195 g/mol. The van der Waals surface area contributed by atoms with Crippen LogP contribution in [-0.2, 0) is 11.3 Å². The largest absolute Gasteiger partial charge is 0.390 e. The summed E-state index contributed by atoms with van der Waals surface area (Å²) in [6.07, 6.45) is 3.29. The number of anilines is 1. The summed E-state index contributed by atoms with van der Waals surface area (Å²) >= 11 is 0. The van der Waals surface area contributed by atoms with Gasteiger partial charge in [0.15, 0.2) is 0 Å². The van der Waals surface area contributed by atoms with Crippen molar-refractivity contribution in [2.75, 3.05) is 31.2 Å². The van der Waals surface area contributed by atoms with Crippen LogP contribution < -0.4 is 4.90 Å². The number of aromatic nitrogens is 2. The number of rotatable bonds is 2. The smallest absolute Gasteiger partial charge is 0.147 e. The van der Waals surface area contributed by atoms with Crippen molar-refractivity contribution < 1.29 is 9.84 Å². The zero-order valence-corrected chi connectivity index (χ0v) is 7.89. The lowest BCUT2D eigenvalue weighted by molar-refractivity contribution is 0.122. The van der Waals surface area contributed by atoms with E-state index in [9.17, 15) is 0 Å². The van der Waals surface area contributed by atoms with Gasteiger partial charge >= 0.3 is 0 Å². The molecule has 1 N–H and O–H groups in total. The average Bonchev–Trinajstić information content (AvgIpc) is 2.30. The topological polar surface area (TPSA) is 58.5 Å². The van der Waals surface area contributed by atoms with E-state index in [-0.39, 0.29) is 6.61 Å². The van der Waals surface area contributed by atoms with E-state index < -0.39 is 0 Å². The lowest BCUT2D eigenvalue weighted by Crippen LogP contribution is -2.36. The van der Waals surface area contributed by atoms with Gasteiger partial charge in [-0.05, 0) is 0 Å². The van der Waals surface area contributed by atoms with Crippen molar-refractivity contribution in [1.29, 1.82) is 0 Å². The number of nitrogens with zero attached hydrogens (tertiary/aromatic N) is 3. The van der Waals surface area contributed by atoms with Crippen LogP contribution in [0.2, 0.25) is 0 Å². The summed E-state index contributed by atoms with van der Waals surface area (Å²) in [5.41, 5.74) is 0.599. The van der Waals surface area contributed by atoms with E-state index in [1.165, 1.54) is 0 Å². The molecule has 0 aromatic carbocycles. The third kappa shape index (κ3) is 2.00. The molecule has 0 atom stereocenters. The first-order chi connectivity index (χ1) is 6.90. The van der Waals surface area contributed by atoms with Gasteiger partial charge in [-0.15, -0.1) is 0 Å². The Hall–Kier alpha value is -1.20. The Balaban J connectivity index is 2.07. The predicted molar refractivity (Wildman–Crippen MR) is 51.0 cm³/mol. The van der Waals surface area contributed by atoms with Crippen molar-refractivity contribution in [3.63, 3.8) is 0 Å². The molecule has 0 spiro atoms. The van der Waals surface area contributed by atoms with Crippen molar-refractivity contribution >= 4 is 5.82 Å². The number of morpholine rings is 1. The molecule has 0 amide bonds. The second-order valence-electron chi connectivity index (χ2n) is 3.12. The molecule has 76 valence electrons. The molecule has 1 saturated heterocycles. The second-order valence-corrected chi connectivity index (χ2v) is 3.12. The van der Waals surface area contributed by atoms with Crippen LogP contribution >= 0.6 is 0 Å². The number of aliphatic hydroxyl groups excluding tert-OH is 1. The van der Waals surface area contributed by atoms with Crippen LogP contribution in [0.3, 0.4) is 0 Å². The Morgan fingerprint density at radius 1 is 1.29 bits per heavy atom. The fourth-order valence-electron chi connectivity index (χ4n) is 1.39. The highest BCUT2D eigenvalue weighted by Gasteiger charge is 2.12. The molecule has 0 saturated carbocycles. The van der Waals surface area contributed by atoms with E-state index in [1.807, 2.05) is 0 Å². The van der Waals surface area contributed by atoms with E-state index in [0.29, 0.717) is 5.69 Å². The van der Waals surface area contributed by atoms with E-state index in [4.69, 9.17) is 9.84 Å². The molecule has 2 heterocycles. The molecule has 0 unspecified atom stereocenters. The Kier molecular flexibility index (Phi) is 2.90. The minimum atomic E-state index is -0.0591. The maximum Gasteiger partial charge on any atom is 0.147 e. The molecule has 5 heteroatoms. The lowest BCUT2D eigenvalue weighted by Gasteiger charge is -2.27. The summed E-state index contributed by atoms with van der Waals surface area (Å²) < 4.78 is 5.24. The van der Waals surface area contributed by atoms with Crippen LogP contribution in [0.15, 0.2) is 12.4 Å². The molecule has 0 radical (unpaired) electrons. The van der Waals surface area contributed by atoms with E-state index >= 15 is 0 Å². The van der Waals surface area contributed by atoms with Gasteiger partial charge in [-0.1, -0.05) is 0 Å². The van der Waals surface area contributed by atoms with Crippen molar-refractivity contribution in [2.24, 2.45) is 0 Å². The SMILES string of the molecule is OCc1cnc(N2CCOCC2)cn1. The fraction of sp³-hybridized carbons (Fsp3) is 0.556. The fourth-order valence-corrected chi connectivity index (χ4v) is 1.39. The number of ether oxygens (including phenoxy) is 1. The minimum absolute atomic E-state index is 0.0591. The van der Waals surface area contributed by atoms with Gasteiger partial charge in [0.25, 0.3) is 0 Å². The molecule has 14 heavy (non-hydrogen) atoms. The van der Waals surface area contributed by atoms with Crippen molar-refractivity contribution in [3.05, 3.63) is 18.1 Å². The highest BCUT2D eigenvalue weighted by molar-refractivity contribution is 5.35. The summed E-state index contributed by atoms with van der Waals surface area (Å²) in [5.74, 6) is 0.852. The Morgan fingerprint density at radius 3 is 2.64 bits per heavy atom. The molecular weight excluding hydrogens is 182 g/mol. The third-order valence-corrected chi connectivity index (χ3v) is 2.19. The number of hydrogen-bond donors (Lipinski definition) is 1. The molecule has 1 aromatic rings. The summed E-state index contributed by atoms with van der Waals surface area (Å²) in [7, 11) is 0. The predicted octanol–water partition coefficient (Wildman–Crippen LogP) is -0.195. The zero-order chi connectivity index (χ0) is 9.80. The van der Waals surface area contributed by atoms with Crippen molar-refractivity contribution in [2.45, 2.75) is 6.61 Å². The summed E-state index contributed by atoms with van der Waals surface area (Å²) in [6.45, 7) is 3.13. The van der Waals surface area contributed by atoms with Crippen LogP contribution in [0.25, 0.3) is 0 Å². The van der Waals surface area contributed by atoms with Crippen LogP contribution in [0.4, 0.5) is 5.82 Å². The molecule has 1 aromatic heterocycles. The second kappa shape index (κ2) is 4.34. The molecule has 5 nitrogen and oxygen atoms in total. The Morgan fingerprint density at radius 2 is 2.07 bits per heavy atom. The molecule has 2 rings (SSSR count). The van der Waals surface area contributed by atoms with E-state index in [1.54, 1.807) is 12.4 Å². The first-order valence-corrected chi connectivity index (χ1v) is 4.64. The van der Waals surface area contributed by atoms with Crippen molar-refractivity contribution in [1.82, 2.24) is 9.97 Å². The Bertz CT molecular complexity index is 283. The van der Waals surface area contributed by atoms with Gasteiger partial charge in [0, 0.05) is 13.1 Å². The summed E-state index contributed by atoms with van der Waals surface area (Å²) in [5, 5.41) is 8.80. The van der Waals surface area contributed by atoms with E-state index in [0.717, 1.165) is 32.1 Å². The summed E-state index contributed by atoms with van der Waals surface area (Å²) in [4.78, 5) is 10.4. The van der Waals surface area contributed by atoms with E-state index in [2.05, 4.69) is 14.9 Å². The number of aliphatic hydroxyl groups is 1. The van der Waals surface area contributed by atoms with Crippen LogP contribution in [0.5, 0.6) is 0 Å². The van der Waals surface area contributed by atoms with Gasteiger partial charge in [0.05, 0.1) is 37.9 Å². The van der Waals surface area contributed by atoms with Gasteiger partial charge in [0.1, 0.15) is 5.82 Å². The molecule has 0 bridgehead atoms. The Labute approximate surface area is 82.4 Å². The zero-order valence-electron chi connectivity index (χ0n) is 7.89. The molecular formula is C9H13N3O2. The van der Waals surface area contributed by atoms with Crippen LogP contribution in [0, 0.1) is 0 Å². The highest BCUT2D eigenvalue weighted by Crippen LogP contribution is 2.10. The van der Waals surface area contributed by atoms with Gasteiger partial charge in [-0.25, -0.2) is 4.98 Å². The molecule has 1 aliphatic rings. The molecule has 1 fully saturated rings. The normalized spacial score (nSPS) is 17.1. The summed E-state index contributed by atoms with van der Waals surface area (Å²) in [6, 6.07) is 0.